The molecule has 0 bridgehead atoms. The number of hydrogen-bond acceptors (Lipinski definition) is 2. The SMILES string of the molecule is CCNC(CC1CC1)C1CCOC1C. The molecule has 1 N–H and O–H groups in total. The van der Waals surface area contributed by atoms with Crippen LogP contribution in [0.5, 0.6) is 0 Å². The molecule has 2 fully saturated rings. The number of nitrogens with one attached hydrogen (secondary N) is 1. The Kier molecular flexibility index (Phi) is 3.45. The van der Waals surface area contributed by atoms with Crippen molar-refractivity contribution in [3.63, 3.8) is 0 Å². The molecule has 1 aliphatic carbocycles. The molecular weight excluding hydrogens is 174 g/mol. The second-order valence-electron chi connectivity index (χ2n) is 4.87. The number of ether oxygens (including phenoxy) is 1. The van der Waals surface area contributed by atoms with E-state index in [1.807, 2.05) is 0 Å². The van der Waals surface area contributed by atoms with E-state index >= 15 is 0 Å². The van der Waals surface area contributed by atoms with Crippen molar-refractivity contribution in [3.05, 3.63) is 0 Å². The highest BCUT2D eigenvalue weighted by Crippen LogP contribution is 2.37. The Bertz CT molecular complexity index is 179. The molecule has 1 heterocycles. The molecule has 0 aromatic rings. The Morgan fingerprint density at radius 2 is 2.14 bits per heavy atom. The molecule has 0 spiro atoms. The fourth-order valence-electron chi connectivity index (χ4n) is 2.66. The zero-order valence-corrected chi connectivity index (χ0v) is 9.46. The summed E-state index contributed by atoms with van der Waals surface area (Å²) in [4.78, 5) is 0. The maximum atomic E-state index is 5.65. The van der Waals surface area contributed by atoms with E-state index in [1.54, 1.807) is 0 Å². The highest BCUT2D eigenvalue weighted by Gasteiger charge is 2.35. The minimum Gasteiger partial charge on any atom is -0.378 e. The summed E-state index contributed by atoms with van der Waals surface area (Å²) >= 11 is 0. The van der Waals surface area contributed by atoms with Crippen LogP contribution >= 0.6 is 0 Å². The van der Waals surface area contributed by atoms with E-state index in [1.165, 1.54) is 25.7 Å². The van der Waals surface area contributed by atoms with Crippen molar-refractivity contribution in [1.82, 2.24) is 5.32 Å². The van der Waals surface area contributed by atoms with E-state index in [-0.39, 0.29) is 0 Å². The molecule has 1 aliphatic heterocycles. The molecule has 3 unspecified atom stereocenters. The van der Waals surface area contributed by atoms with Gasteiger partial charge in [0.05, 0.1) is 6.10 Å². The monoisotopic (exact) mass is 197 g/mol. The first-order valence-corrected chi connectivity index (χ1v) is 6.16. The van der Waals surface area contributed by atoms with Gasteiger partial charge in [-0.15, -0.1) is 0 Å². The first kappa shape index (κ1) is 10.4. The smallest absolute Gasteiger partial charge is 0.0590 e. The Balaban J connectivity index is 1.86. The van der Waals surface area contributed by atoms with Gasteiger partial charge >= 0.3 is 0 Å². The van der Waals surface area contributed by atoms with Gasteiger partial charge in [-0.2, -0.15) is 0 Å². The highest BCUT2D eigenvalue weighted by molar-refractivity contribution is 4.88. The number of rotatable bonds is 5. The molecule has 14 heavy (non-hydrogen) atoms. The van der Waals surface area contributed by atoms with Gasteiger partial charge in [0, 0.05) is 18.6 Å². The van der Waals surface area contributed by atoms with Crippen LogP contribution in [-0.4, -0.2) is 25.3 Å². The maximum Gasteiger partial charge on any atom is 0.0590 e. The minimum atomic E-state index is 0.470. The van der Waals surface area contributed by atoms with E-state index in [9.17, 15) is 0 Å². The lowest BCUT2D eigenvalue weighted by atomic mass is 9.90. The summed E-state index contributed by atoms with van der Waals surface area (Å²) in [6, 6.07) is 0.713. The van der Waals surface area contributed by atoms with Crippen molar-refractivity contribution in [3.8, 4) is 0 Å². The third-order valence-electron chi connectivity index (χ3n) is 3.70. The standard InChI is InChI=1S/C12H23NO/c1-3-13-12(8-10-4-5-10)11-6-7-14-9(11)2/h9-13H,3-8H2,1-2H3. The molecule has 0 amide bonds. The van der Waals surface area contributed by atoms with Gasteiger partial charge in [0.25, 0.3) is 0 Å². The molecule has 82 valence electrons. The van der Waals surface area contributed by atoms with Crippen LogP contribution in [0.25, 0.3) is 0 Å². The summed E-state index contributed by atoms with van der Waals surface area (Å²) in [6.07, 6.45) is 6.03. The maximum absolute atomic E-state index is 5.65. The van der Waals surface area contributed by atoms with Crippen LogP contribution in [0.4, 0.5) is 0 Å². The molecule has 3 atom stereocenters. The van der Waals surface area contributed by atoms with Crippen molar-refractivity contribution < 1.29 is 4.74 Å². The second kappa shape index (κ2) is 4.63. The van der Waals surface area contributed by atoms with Gasteiger partial charge in [0.2, 0.25) is 0 Å². The molecule has 2 aliphatic rings. The van der Waals surface area contributed by atoms with Gasteiger partial charge < -0.3 is 10.1 Å². The van der Waals surface area contributed by atoms with Crippen molar-refractivity contribution in [1.29, 1.82) is 0 Å². The molecule has 0 radical (unpaired) electrons. The van der Waals surface area contributed by atoms with Gasteiger partial charge in [0.1, 0.15) is 0 Å². The zero-order chi connectivity index (χ0) is 9.97. The molecule has 1 saturated heterocycles. The average molecular weight is 197 g/mol. The van der Waals surface area contributed by atoms with Gasteiger partial charge in [-0.05, 0) is 32.2 Å². The van der Waals surface area contributed by atoms with Gasteiger partial charge in [-0.25, -0.2) is 0 Å². The predicted octanol–water partition coefficient (Wildman–Crippen LogP) is 2.19. The third kappa shape index (κ3) is 2.48. The summed E-state index contributed by atoms with van der Waals surface area (Å²) in [5, 5.41) is 3.65. The van der Waals surface area contributed by atoms with Crippen LogP contribution in [-0.2, 0) is 4.74 Å². The van der Waals surface area contributed by atoms with Crippen molar-refractivity contribution in [2.24, 2.45) is 11.8 Å². The summed E-state index contributed by atoms with van der Waals surface area (Å²) in [5.74, 6) is 1.78. The third-order valence-corrected chi connectivity index (χ3v) is 3.70. The van der Waals surface area contributed by atoms with E-state index in [0.717, 1.165) is 25.0 Å². The molecule has 1 saturated carbocycles. The van der Waals surface area contributed by atoms with Crippen LogP contribution < -0.4 is 5.32 Å². The Labute approximate surface area is 87.4 Å². The first-order chi connectivity index (χ1) is 6.81. The van der Waals surface area contributed by atoms with E-state index < -0.39 is 0 Å². The molecule has 0 aromatic carbocycles. The summed E-state index contributed by atoms with van der Waals surface area (Å²) in [6.45, 7) is 6.51. The molecule has 2 nitrogen and oxygen atoms in total. The van der Waals surface area contributed by atoms with E-state index in [2.05, 4.69) is 19.2 Å². The first-order valence-electron chi connectivity index (χ1n) is 6.16. The lowest BCUT2D eigenvalue weighted by molar-refractivity contribution is 0.0938. The molecule has 2 heteroatoms. The Morgan fingerprint density at radius 3 is 2.64 bits per heavy atom. The van der Waals surface area contributed by atoms with Crippen LogP contribution in [0.1, 0.15) is 39.5 Å². The quantitative estimate of drug-likeness (QED) is 0.729. The Morgan fingerprint density at radius 1 is 1.36 bits per heavy atom. The second-order valence-corrected chi connectivity index (χ2v) is 4.87. The van der Waals surface area contributed by atoms with Gasteiger partial charge in [0.15, 0.2) is 0 Å². The van der Waals surface area contributed by atoms with Crippen LogP contribution in [0.3, 0.4) is 0 Å². The normalized spacial score (nSPS) is 34.7. The van der Waals surface area contributed by atoms with Crippen LogP contribution in [0, 0.1) is 11.8 Å². The highest BCUT2D eigenvalue weighted by atomic mass is 16.5. The molecule has 0 aromatic heterocycles. The van der Waals surface area contributed by atoms with Gasteiger partial charge in [-0.1, -0.05) is 19.8 Å². The Hall–Kier alpha value is -0.0800. The predicted molar refractivity (Wildman–Crippen MR) is 58.3 cm³/mol. The average Bonchev–Trinajstić information content (AvgIpc) is 2.87. The summed E-state index contributed by atoms with van der Waals surface area (Å²) in [5.41, 5.74) is 0. The van der Waals surface area contributed by atoms with Crippen LogP contribution in [0.2, 0.25) is 0 Å². The summed E-state index contributed by atoms with van der Waals surface area (Å²) < 4.78 is 5.65. The minimum absolute atomic E-state index is 0.470. The zero-order valence-electron chi connectivity index (χ0n) is 9.46. The van der Waals surface area contributed by atoms with E-state index in [0.29, 0.717) is 12.1 Å². The van der Waals surface area contributed by atoms with Gasteiger partial charge in [-0.3, -0.25) is 0 Å². The van der Waals surface area contributed by atoms with E-state index in [4.69, 9.17) is 4.74 Å². The lowest BCUT2D eigenvalue weighted by Gasteiger charge is -2.26. The topological polar surface area (TPSA) is 21.3 Å². The largest absolute Gasteiger partial charge is 0.378 e. The number of hydrogen-bond donors (Lipinski definition) is 1. The fourth-order valence-corrected chi connectivity index (χ4v) is 2.66. The van der Waals surface area contributed by atoms with Crippen molar-refractivity contribution in [2.45, 2.75) is 51.7 Å². The van der Waals surface area contributed by atoms with Crippen molar-refractivity contribution >= 4 is 0 Å². The molecular formula is C12H23NO. The summed E-state index contributed by atoms with van der Waals surface area (Å²) in [7, 11) is 0. The lowest BCUT2D eigenvalue weighted by Crippen LogP contribution is -2.39. The van der Waals surface area contributed by atoms with Crippen molar-refractivity contribution in [2.75, 3.05) is 13.2 Å². The fraction of sp³-hybridized carbons (Fsp3) is 1.00. The molecule has 2 rings (SSSR count). The van der Waals surface area contributed by atoms with Crippen LogP contribution in [0.15, 0.2) is 0 Å².